The maximum atomic E-state index is 10.9. The van der Waals surface area contributed by atoms with Crippen LogP contribution in [0.2, 0.25) is 0 Å². The third-order valence-electron chi connectivity index (χ3n) is 2.56. The van der Waals surface area contributed by atoms with Gasteiger partial charge in [-0.2, -0.15) is 0 Å². The Morgan fingerprint density at radius 3 is 2.59 bits per heavy atom. The predicted molar refractivity (Wildman–Crippen MR) is 63.7 cm³/mol. The molecule has 1 atom stereocenters. The van der Waals surface area contributed by atoms with Crippen LogP contribution in [0.4, 0.5) is 5.69 Å². The number of hydrogen-bond donors (Lipinski definition) is 1. The number of ether oxygens (including phenoxy) is 2. The van der Waals surface area contributed by atoms with Gasteiger partial charge in [-0.05, 0) is 12.5 Å². The van der Waals surface area contributed by atoms with Crippen LogP contribution in [-0.2, 0) is 0 Å². The summed E-state index contributed by atoms with van der Waals surface area (Å²) in [5.74, 6) is 0.920. The highest BCUT2D eigenvalue weighted by Gasteiger charge is 2.25. The van der Waals surface area contributed by atoms with Crippen LogP contribution < -0.4 is 15.2 Å². The van der Waals surface area contributed by atoms with E-state index in [0.717, 1.165) is 0 Å². The fraction of sp³-hybridized carbons (Fsp3) is 0.400. The van der Waals surface area contributed by atoms with Crippen LogP contribution in [-0.4, -0.2) is 11.7 Å². The monoisotopic (exact) mass is 260 g/mol. The van der Waals surface area contributed by atoms with Crippen LogP contribution in [0.1, 0.15) is 24.9 Å². The highest BCUT2D eigenvalue weighted by Crippen LogP contribution is 2.40. The van der Waals surface area contributed by atoms with Gasteiger partial charge >= 0.3 is 0 Å². The zero-order valence-corrected chi connectivity index (χ0v) is 10.0. The summed E-state index contributed by atoms with van der Waals surface area (Å²) in [7, 11) is 0. The van der Waals surface area contributed by atoms with Crippen molar-refractivity contribution in [1.82, 2.24) is 0 Å². The number of fused-ring (bicyclic) bond motifs is 1. The van der Waals surface area contributed by atoms with E-state index in [4.69, 9.17) is 15.2 Å². The summed E-state index contributed by atoms with van der Waals surface area (Å²) in [6.07, 6.45) is 0.625. The molecule has 1 aliphatic rings. The first-order valence-corrected chi connectivity index (χ1v) is 4.97. The molecule has 17 heavy (non-hydrogen) atoms. The van der Waals surface area contributed by atoms with E-state index in [1.165, 1.54) is 6.07 Å². The Morgan fingerprint density at radius 2 is 2.06 bits per heavy atom. The lowest BCUT2D eigenvalue weighted by Gasteiger charge is -2.10. The van der Waals surface area contributed by atoms with Gasteiger partial charge in [-0.25, -0.2) is 0 Å². The van der Waals surface area contributed by atoms with Gasteiger partial charge in [0.1, 0.15) is 0 Å². The van der Waals surface area contributed by atoms with Gasteiger partial charge < -0.3 is 15.2 Å². The average Bonchev–Trinajstić information content (AvgIpc) is 2.73. The summed E-state index contributed by atoms with van der Waals surface area (Å²) < 4.78 is 10.3. The fourth-order valence-corrected chi connectivity index (χ4v) is 1.62. The molecule has 0 amide bonds. The van der Waals surface area contributed by atoms with Gasteiger partial charge in [0.25, 0.3) is 5.69 Å². The van der Waals surface area contributed by atoms with Crippen molar-refractivity contribution >= 4 is 18.1 Å². The topological polar surface area (TPSA) is 87.6 Å². The van der Waals surface area contributed by atoms with E-state index in [1.54, 1.807) is 6.07 Å². The van der Waals surface area contributed by atoms with Gasteiger partial charge in [0, 0.05) is 6.04 Å². The maximum Gasteiger partial charge on any atom is 0.278 e. The van der Waals surface area contributed by atoms with Crippen molar-refractivity contribution in [2.75, 3.05) is 6.79 Å². The number of nitro groups is 1. The minimum atomic E-state index is -0.452. The molecule has 0 unspecified atom stereocenters. The largest absolute Gasteiger partial charge is 0.454 e. The Kier molecular flexibility index (Phi) is 4.14. The standard InChI is InChI=1S/C10H12N2O4.ClH/c1-2-7(11)6-3-9-10(16-5-15-9)4-8(6)12(13)14;/h3-4,7H,2,5,11H2,1H3;1H/t7-;/m1./s1. The number of benzene rings is 1. The van der Waals surface area contributed by atoms with Crippen LogP contribution in [0.15, 0.2) is 12.1 Å². The molecule has 6 nitrogen and oxygen atoms in total. The van der Waals surface area contributed by atoms with E-state index >= 15 is 0 Å². The lowest BCUT2D eigenvalue weighted by Crippen LogP contribution is -2.11. The molecule has 0 radical (unpaired) electrons. The van der Waals surface area contributed by atoms with Crippen LogP contribution in [0, 0.1) is 10.1 Å². The van der Waals surface area contributed by atoms with Gasteiger partial charge in [-0.1, -0.05) is 6.92 Å². The molecule has 2 rings (SSSR count). The Labute approximate surface area is 104 Å². The van der Waals surface area contributed by atoms with E-state index in [-0.39, 0.29) is 30.9 Å². The van der Waals surface area contributed by atoms with Crippen LogP contribution in [0.3, 0.4) is 0 Å². The molecule has 2 N–H and O–H groups in total. The molecule has 1 aromatic rings. The third kappa shape index (κ3) is 2.42. The molecule has 1 aliphatic heterocycles. The van der Waals surface area contributed by atoms with Crippen molar-refractivity contribution < 1.29 is 14.4 Å². The number of nitrogens with two attached hydrogens (primary N) is 1. The molecular weight excluding hydrogens is 248 g/mol. The van der Waals surface area contributed by atoms with Gasteiger partial charge in [0.2, 0.25) is 6.79 Å². The number of hydrogen-bond acceptors (Lipinski definition) is 5. The highest BCUT2D eigenvalue weighted by atomic mass is 35.5. The zero-order chi connectivity index (χ0) is 11.7. The van der Waals surface area contributed by atoms with Crippen molar-refractivity contribution in [2.24, 2.45) is 5.73 Å². The normalized spacial score (nSPS) is 14.0. The summed E-state index contributed by atoms with van der Waals surface area (Å²) in [5.41, 5.74) is 6.29. The molecule has 0 bridgehead atoms. The fourth-order valence-electron chi connectivity index (χ4n) is 1.62. The van der Waals surface area contributed by atoms with Gasteiger partial charge in [0.05, 0.1) is 16.6 Å². The molecule has 0 saturated heterocycles. The summed E-state index contributed by atoms with van der Waals surface area (Å²) in [5, 5.41) is 10.9. The second-order valence-corrected chi connectivity index (χ2v) is 3.54. The van der Waals surface area contributed by atoms with E-state index in [9.17, 15) is 10.1 Å². The molecule has 0 aromatic heterocycles. The molecule has 0 saturated carbocycles. The Bertz CT molecular complexity index is 439. The maximum absolute atomic E-state index is 10.9. The van der Waals surface area contributed by atoms with E-state index in [0.29, 0.717) is 23.5 Å². The third-order valence-corrected chi connectivity index (χ3v) is 2.56. The molecule has 0 spiro atoms. The highest BCUT2D eigenvalue weighted by molar-refractivity contribution is 5.85. The minimum Gasteiger partial charge on any atom is -0.454 e. The van der Waals surface area contributed by atoms with Crippen molar-refractivity contribution in [3.63, 3.8) is 0 Å². The molecule has 1 heterocycles. The Balaban J connectivity index is 0.00000144. The average molecular weight is 261 g/mol. The number of halogens is 1. The molecule has 0 fully saturated rings. The Morgan fingerprint density at radius 1 is 1.47 bits per heavy atom. The van der Waals surface area contributed by atoms with E-state index < -0.39 is 4.92 Å². The van der Waals surface area contributed by atoms with Crippen LogP contribution >= 0.6 is 12.4 Å². The number of nitrogens with zero attached hydrogens (tertiary/aromatic N) is 1. The summed E-state index contributed by atoms with van der Waals surface area (Å²) in [6, 6.07) is 2.59. The van der Waals surface area contributed by atoms with Crippen molar-refractivity contribution in [3.8, 4) is 11.5 Å². The molecular formula is C10H13ClN2O4. The number of rotatable bonds is 3. The quantitative estimate of drug-likeness (QED) is 0.665. The second kappa shape index (κ2) is 5.20. The first-order chi connectivity index (χ1) is 7.63. The Hall–Kier alpha value is -1.53. The van der Waals surface area contributed by atoms with Crippen LogP contribution in [0.5, 0.6) is 11.5 Å². The minimum absolute atomic E-state index is 0. The predicted octanol–water partition coefficient (Wildman–Crippen LogP) is 2.16. The summed E-state index contributed by atoms with van der Waals surface area (Å²) in [4.78, 5) is 10.4. The van der Waals surface area contributed by atoms with Gasteiger partial charge in [-0.3, -0.25) is 10.1 Å². The molecule has 94 valence electrons. The molecule has 1 aromatic carbocycles. The van der Waals surface area contributed by atoms with Crippen molar-refractivity contribution in [2.45, 2.75) is 19.4 Å². The lowest BCUT2D eigenvalue weighted by atomic mass is 10.0. The summed E-state index contributed by atoms with van der Waals surface area (Å²) in [6.45, 7) is 1.97. The second-order valence-electron chi connectivity index (χ2n) is 3.54. The zero-order valence-electron chi connectivity index (χ0n) is 9.21. The number of nitro benzene ring substituents is 1. The van der Waals surface area contributed by atoms with E-state index in [2.05, 4.69) is 0 Å². The first-order valence-electron chi connectivity index (χ1n) is 4.97. The SMILES string of the molecule is CC[C@@H](N)c1cc2c(cc1[N+](=O)[O-])OCO2.Cl. The van der Waals surface area contributed by atoms with Crippen molar-refractivity contribution in [1.29, 1.82) is 0 Å². The van der Waals surface area contributed by atoms with Crippen molar-refractivity contribution in [3.05, 3.63) is 27.8 Å². The smallest absolute Gasteiger partial charge is 0.278 e. The molecule has 0 aliphatic carbocycles. The summed E-state index contributed by atoms with van der Waals surface area (Å²) >= 11 is 0. The van der Waals surface area contributed by atoms with Gasteiger partial charge in [-0.15, -0.1) is 12.4 Å². The van der Waals surface area contributed by atoms with E-state index in [1.807, 2.05) is 6.92 Å². The van der Waals surface area contributed by atoms with Crippen LogP contribution in [0.25, 0.3) is 0 Å². The lowest BCUT2D eigenvalue weighted by molar-refractivity contribution is -0.385. The van der Waals surface area contributed by atoms with Gasteiger partial charge in [0.15, 0.2) is 11.5 Å². The first kappa shape index (κ1) is 13.5. The molecule has 7 heteroatoms.